The van der Waals surface area contributed by atoms with Gasteiger partial charge >= 0.3 is 5.97 Å². The third-order valence-electron chi connectivity index (χ3n) is 15.7. The second-order valence-corrected chi connectivity index (χ2v) is 25.1. The van der Waals surface area contributed by atoms with E-state index in [1.165, 1.54) is 19.4 Å². The SMILES string of the molecule is CC(=O)N[C@H]1[C@H]([C@H](O)[C@H](O)CNC(=O)c2ccc(-c3ccccc3)cc2)O[C@](C=O)(OCCCSCCNCc2ccc(CCCCSCCCO[C@]3(C(=O)O)C[C@H](O)[C@@H](NC(C)=O)[C@H]([C@H](O)[C@H](O)CNC(=O)c4ccc(-c5ccccc5)cc4)O3)cc2)C[C@@H]1O. The van der Waals surface area contributed by atoms with Gasteiger partial charge in [-0.15, -0.1) is 0 Å². The third kappa shape index (κ3) is 21.5. The highest BCUT2D eigenvalue weighted by atomic mass is 32.2. The van der Waals surface area contributed by atoms with Crippen molar-refractivity contribution >= 4 is 59.4 Å². The van der Waals surface area contributed by atoms with Crippen LogP contribution in [0.25, 0.3) is 22.3 Å². The lowest BCUT2D eigenvalue weighted by Crippen LogP contribution is -2.68. The van der Waals surface area contributed by atoms with E-state index >= 15 is 0 Å². The lowest BCUT2D eigenvalue weighted by molar-refractivity contribution is -0.310. The molecule has 12 atom stereocenters. The summed E-state index contributed by atoms with van der Waals surface area (Å²) in [6.07, 6.45) is -9.73. The van der Waals surface area contributed by atoms with Gasteiger partial charge in [-0.3, -0.25) is 24.0 Å². The topological polar surface area (TPSA) is 341 Å². The molecule has 4 amide bonds. The number of rotatable bonds is 36. The summed E-state index contributed by atoms with van der Waals surface area (Å²) in [5.74, 6) is -5.09. The van der Waals surface area contributed by atoms with E-state index in [1.807, 2.05) is 60.7 Å². The van der Waals surface area contributed by atoms with E-state index < -0.39 is 122 Å². The molecular formula is C67H85N5O17S2. The highest BCUT2D eigenvalue weighted by molar-refractivity contribution is 7.99. The van der Waals surface area contributed by atoms with Crippen molar-refractivity contribution in [3.8, 4) is 22.3 Å². The highest BCUT2D eigenvalue weighted by Gasteiger charge is 2.56. The summed E-state index contributed by atoms with van der Waals surface area (Å²) in [5.41, 5.74) is 6.73. The first-order valence-electron chi connectivity index (χ1n) is 30.6. The van der Waals surface area contributed by atoms with Crippen LogP contribution in [0.4, 0.5) is 0 Å². The van der Waals surface area contributed by atoms with Crippen molar-refractivity contribution < 1.29 is 83.5 Å². The van der Waals surface area contributed by atoms with E-state index in [9.17, 15) is 64.5 Å². The minimum Gasteiger partial charge on any atom is -0.477 e. The van der Waals surface area contributed by atoms with Gasteiger partial charge in [0.15, 0.2) is 6.29 Å². The number of hydrogen-bond donors (Lipinski definition) is 12. The summed E-state index contributed by atoms with van der Waals surface area (Å²) >= 11 is 3.37. The Hall–Kier alpha value is -6.62. The van der Waals surface area contributed by atoms with Crippen LogP contribution < -0.4 is 26.6 Å². The summed E-state index contributed by atoms with van der Waals surface area (Å²) in [4.78, 5) is 75.5. The molecule has 91 heavy (non-hydrogen) atoms. The fourth-order valence-electron chi connectivity index (χ4n) is 10.7. The molecule has 7 rings (SSSR count). The van der Waals surface area contributed by atoms with Crippen LogP contribution >= 0.6 is 23.5 Å². The molecule has 0 saturated carbocycles. The predicted octanol–water partition coefficient (Wildman–Crippen LogP) is 4.00. The van der Waals surface area contributed by atoms with E-state index in [0.29, 0.717) is 48.3 Å². The number of aldehydes is 1. The molecule has 2 saturated heterocycles. The molecule has 22 nitrogen and oxygen atoms in total. The van der Waals surface area contributed by atoms with Crippen molar-refractivity contribution in [2.24, 2.45) is 0 Å². The number of carboxylic acid groups (broad SMARTS) is 1. The van der Waals surface area contributed by atoms with Crippen LogP contribution in [-0.2, 0) is 51.1 Å². The summed E-state index contributed by atoms with van der Waals surface area (Å²) in [6, 6.07) is 38.8. The van der Waals surface area contributed by atoms with E-state index in [2.05, 4.69) is 50.8 Å². The second-order valence-electron chi connectivity index (χ2n) is 22.7. The molecule has 2 aliphatic heterocycles. The molecule has 0 aromatic heterocycles. The maximum absolute atomic E-state index is 13.0. The maximum atomic E-state index is 13.0. The average Bonchev–Trinajstić information content (AvgIpc) is 0.806. The van der Waals surface area contributed by atoms with Gasteiger partial charge in [0, 0.05) is 69.7 Å². The van der Waals surface area contributed by atoms with Crippen molar-refractivity contribution in [1.82, 2.24) is 26.6 Å². The van der Waals surface area contributed by atoms with Crippen LogP contribution in [0.15, 0.2) is 133 Å². The van der Waals surface area contributed by atoms with E-state index in [1.54, 1.807) is 72.1 Å². The third-order valence-corrected chi connectivity index (χ3v) is 17.9. The molecule has 5 aromatic carbocycles. The largest absolute Gasteiger partial charge is 0.477 e. The maximum Gasteiger partial charge on any atom is 0.364 e. The molecule has 0 spiro atoms. The number of ether oxygens (including phenoxy) is 4. The quantitative estimate of drug-likeness (QED) is 0.0199. The number of amides is 4. The van der Waals surface area contributed by atoms with Crippen LogP contribution in [0.1, 0.15) is 84.2 Å². The van der Waals surface area contributed by atoms with Gasteiger partial charge in [-0.2, -0.15) is 23.5 Å². The Morgan fingerprint density at radius 3 is 1.52 bits per heavy atom. The van der Waals surface area contributed by atoms with Gasteiger partial charge in [0.1, 0.15) is 24.4 Å². The number of aliphatic hydroxyl groups excluding tert-OH is 6. The molecule has 492 valence electrons. The van der Waals surface area contributed by atoms with Crippen molar-refractivity contribution in [2.75, 3.05) is 55.9 Å². The number of thioether (sulfide) groups is 2. The number of nitrogens with one attached hydrogen (secondary N) is 5. The second kappa shape index (κ2) is 36.0. The summed E-state index contributed by atoms with van der Waals surface area (Å²) in [5, 5.41) is 91.0. The fourth-order valence-corrected chi connectivity index (χ4v) is 12.5. The number of carbonyl (C=O) groups is 6. The number of hydrogen-bond acceptors (Lipinski definition) is 19. The standard InChI is InChI=1S/C67H85N5O17S2/c1-43(74)71-57-53(76)37-66(42-73,88-61(57)59(80)55(78)40-69-63(82)51-26-22-49(23-27-51)47-14-5-3-6-15-47)86-31-11-35-91-36-30-68-39-46-20-18-45(19-21-46)13-9-10-33-90-34-12-32-87-67(65(84)85)38-54(77)58(72-44(2)75)62(89-67)60(81)56(79)41-70-64(83)52-28-24-50(25-29-52)48-16-7-4-8-17-48/h3-8,14-29,42,53-62,68,76-81H,9-13,30-41H2,1-2H3,(H,69,82)(H,70,83)(H,71,74)(H,72,75)(H,84,85)/t53-,54-,55+,56+,57+,58+,59+,60+,61+,62+,66+,67+/m0/s1. The summed E-state index contributed by atoms with van der Waals surface area (Å²) in [7, 11) is 0. The first kappa shape index (κ1) is 71.8. The molecular weight excluding hydrogens is 1210 g/mol. The van der Waals surface area contributed by atoms with E-state index in [0.717, 1.165) is 65.1 Å². The molecule has 2 heterocycles. The zero-order valence-electron chi connectivity index (χ0n) is 51.1. The molecule has 12 N–H and O–H groups in total. The average molecular weight is 1300 g/mol. The van der Waals surface area contributed by atoms with Crippen molar-refractivity contribution in [3.63, 3.8) is 0 Å². The molecule has 2 fully saturated rings. The fraction of sp³-hybridized carbons (Fsp3) is 0.463. The predicted molar refractivity (Wildman–Crippen MR) is 345 cm³/mol. The Morgan fingerprint density at radius 2 is 1.02 bits per heavy atom. The Labute approximate surface area is 538 Å². The van der Waals surface area contributed by atoms with Gasteiger partial charge in [-0.1, -0.05) is 109 Å². The summed E-state index contributed by atoms with van der Waals surface area (Å²) < 4.78 is 23.6. The van der Waals surface area contributed by atoms with Gasteiger partial charge in [0.25, 0.3) is 17.6 Å². The first-order chi connectivity index (χ1) is 43.8. The first-order valence-corrected chi connectivity index (χ1v) is 32.9. The minimum atomic E-state index is -2.40. The Kier molecular flexibility index (Phi) is 28.4. The monoisotopic (exact) mass is 1300 g/mol. The van der Waals surface area contributed by atoms with Crippen molar-refractivity contribution in [1.29, 1.82) is 0 Å². The van der Waals surface area contributed by atoms with E-state index in [-0.39, 0.29) is 19.6 Å². The summed E-state index contributed by atoms with van der Waals surface area (Å²) in [6.45, 7) is 2.98. The Morgan fingerprint density at radius 1 is 0.571 bits per heavy atom. The highest BCUT2D eigenvalue weighted by Crippen LogP contribution is 2.35. The van der Waals surface area contributed by atoms with Crippen LogP contribution in [0, 0.1) is 0 Å². The molecule has 5 aromatic rings. The molecule has 0 bridgehead atoms. The minimum absolute atomic E-state index is 0.0570. The van der Waals surface area contributed by atoms with Crippen molar-refractivity contribution in [2.45, 2.75) is 138 Å². The normalized spacial score (nSPS) is 22.8. The Balaban J connectivity index is 0.742. The number of carboxylic acids is 1. The van der Waals surface area contributed by atoms with Gasteiger partial charge in [-0.05, 0) is 107 Å². The molecule has 0 aliphatic carbocycles. The van der Waals surface area contributed by atoms with Crippen LogP contribution in [0.2, 0.25) is 0 Å². The van der Waals surface area contributed by atoms with Crippen LogP contribution in [-0.4, -0.2) is 200 Å². The number of benzene rings is 5. The van der Waals surface area contributed by atoms with Gasteiger partial charge in [0.2, 0.25) is 17.6 Å². The van der Waals surface area contributed by atoms with Gasteiger partial charge < -0.3 is 81.3 Å². The number of carbonyl (C=O) groups excluding carboxylic acids is 5. The number of aliphatic hydroxyl groups is 6. The van der Waals surface area contributed by atoms with Crippen LogP contribution in [0.3, 0.4) is 0 Å². The Bertz CT molecular complexity index is 3090. The van der Waals surface area contributed by atoms with Gasteiger partial charge in [0.05, 0.1) is 49.7 Å². The zero-order chi connectivity index (χ0) is 65.3. The lowest BCUT2D eigenvalue weighted by Gasteiger charge is -2.46. The molecule has 0 unspecified atom stereocenters. The van der Waals surface area contributed by atoms with E-state index in [4.69, 9.17) is 18.9 Å². The number of unbranched alkanes of at least 4 members (excludes halogenated alkanes) is 1. The molecule has 0 radical (unpaired) electrons. The number of aliphatic carboxylic acids is 1. The van der Waals surface area contributed by atoms with Crippen molar-refractivity contribution in [3.05, 3.63) is 156 Å². The molecule has 2 aliphatic rings. The lowest BCUT2D eigenvalue weighted by atomic mass is 9.88. The molecule has 24 heteroatoms. The zero-order valence-corrected chi connectivity index (χ0v) is 52.7. The van der Waals surface area contributed by atoms with Gasteiger partial charge in [-0.25, -0.2) is 4.79 Å². The smallest absolute Gasteiger partial charge is 0.364 e. The van der Waals surface area contributed by atoms with Crippen LogP contribution in [0.5, 0.6) is 0 Å². The number of aryl methyl sites for hydroxylation is 1.